The molecule has 0 saturated heterocycles. The van der Waals surface area contributed by atoms with Gasteiger partial charge in [0.2, 0.25) is 0 Å². The van der Waals surface area contributed by atoms with Gasteiger partial charge in [-0.3, -0.25) is 0 Å². The molecular weight excluding hydrogens is 249 g/mol. The number of halogens is 2. The minimum atomic E-state index is -0.591. The summed E-state index contributed by atoms with van der Waals surface area (Å²) >= 11 is 11.6. The van der Waals surface area contributed by atoms with Gasteiger partial charge in [-0.05, 0) is 17.7 Å². The molecule has 0 heterocycles. The van der Waals surface area contributed by atoms with Gasteiger partial charge in [-0.15, -0.1) is 0 Å². The third kappa shape index (κ3) is 4.28. The van der Waals surface area contributed by atoms with Gasteiger partial charge >= 0.3 is 0 Å². The number of rotatable bonds is 6. The van der Waals surface area contributed by atoms with Crippen molar-refractivity contribution in [3.8, 4) is 0 Å². The third-order valence-corrected chi connectivity index (χ3v) is 2.89. The molecule has 0 radical (unpaired) electrons. The van der Waals surface area contributed by atoms with Gasteiger partial charge in [0, 0.05) is 20.2 Å². The van der Waals surface area contributed by atoms with Crippen LogP contribution in [0.5, 0.6) is 0 Å². The number of aliphatic hydroxyl groups excluding tert-OH is 1. The van der Waals surface area contributed by atoms with Crippen LogP contribution in [0.15, 0.2) is 18.2 Å². The first-order valence-corrected chi connectivity index (χ1v) is 5.73. The molecule has 3 nitrogen and oxygen atoms in total. The van der Waals surface area contributed by atoms with E-state index in [1.54, 1.807) is 25.3 Å². The van der Waals surface area contributed by atoms with Crippen LogP contribution in [-0.2, 0) is 4.74 Å². The lowest BCUT2D eigenvalue weighted by Crippen LogP contribution is -2.24. The topological polar surface area (TPSA) is 41.5 Å². The summed E-state index contributed by atoms with van der Waals surface area (Å²) in [7, 11) is 1.64. The quantitative estimate of drug-likeness (QED) is 0.774. The second-order valence-corrected chi connectivity index (χ2v) is 4.20. The summed E-state index contributed by atoms with van der Waals surface area (Å²) < 4.78 is 4.88. The molecule has 0 aliphatic carbocycles. The third-order valence-electron chi connectivity index (χ3n) is 2.15. The van der Waals surface area contributed by atoms with Crippen LogP contribution < -0.4 is 5.32 Å². The van der Waals surface area contributed by atoms with Crippen molar-refractivity contribution >= 4 is 23.2 Å². The molecule has 16 heavy (non-hydrogen) atoms. The molecule has 1 rings (SSSR count). The number of hydrogen-bond donors (Lipinski definition) is 2. The number of ether oxygens (including phenoxy) is 1. The van der Waals surface area contributed by atoms with E-state index in [2.05, 4.69) is 5.32 Å². The van der Waals surface area contributed by atoms with E-state index in [-0.39, 0.29) is 0 Å². The average molecular weight is 264 g/mol. The van der Waals surface area contributed by atoms with E-state index in [0.717, 1.165) is 5.56 Å². The van der Waals surface area contributed by atoms with Crippen molar-refractivity contribution < 1.29 is 9.84 Å². The zero-order chi connectivity index (χ0) is 12.0. The summed E-state index contributed by atoms with van der Waals surface area (Å²) in [4.78, 5) is 0. The van der Waals surface area contributed by atoms with Crippen molar-refractivity contribution in [2.45, 2.75) is 6.10 Å². The fraction of sp³-hybridized carbons (Fsp3) is 0.455. The molecule has 1 unspecified atom stereocenters. The number of methoxy groups -OCH3 is 1. The zero-order valence-corrected chi connectivity index (χ0v) is 10.6. The van der Waals surface area contributed by atoms with Crippen LogP contribution in [-0.4, -0.2) is 31.9 Å². The zero-order valence-electron chi connectivity index (χ0n) is 9.04. The Morgan fingerprint density at radius 3 is 2.75 bits per heavy atom. The normalized spacial score (nSPS) is 12.8. The lowest BCUT2D eigenvalue weighted by atomic mass is 10.1. The van der Waals surface area contributed by atoms with Gasteiger partial charge in [0.25, 0.3) is 0 Å². The molecule has 0 amide bonds. The molecule has 0 aliphatic rings. The lowest BCUT2D eigenvalue weighted by molar-refractivity contribution is 0.161. The van der Waals surface area contributed by atoms with Crippen LogP contribution >= 0.6 is 23.2 Å². The fourth-order valence-electron chi connectivity index (χ4n) is 1.25. The Bertz CT molecular complexity index is 334. The minimum absolute atomic E-state index is 0.454. The number of nitrogens with one attached hydrogen (secondary N) is 1. The lowest BCUT2D eigenvalue weighted by Gasteiger charge is -2.12. The summed E-state index contributed by atoms with van der Waals surface area (Å²) in [6.45, 7) is 1.78. The van der Waals surface area contributed by atoms with Gasteiger partial charge in [-0.25, -0.2) is 0 Å². The highest BCUT2D eigenvalue weighted by Gasteiger charge is 2.08. The smallest absolute Gasteiger partial charge is 0.0914 e. The van der Waals surface area contributed by atoms with E-state index in [4.69, 9.17) is 27.9 Å². The second kappa shape index (κ2) is 7.09. The van der Waals surface area contributed by atoms with E-state index < -0.39 is 6.10 Å². The summed E-state index contributed by atoms with van der Waals surface area (Å²) in [5, 5.41) is 13.8. The standard InChI is InChI=1S/C11H15Cl2NO2/c1-16-5-4-14-7-11(15)8-2-3-9(12)10(13)6-8/h2-3,6,11,14-15H,4-5,7H2,1H3. The molecule has 1 atom stereocenters. The van der Waals surface area contributed by atoms with Gasteiger partial charge in [0.1, 0.15) is 0 Å². The van der Waals surface area contributed by atoms with E-state index in [1.165, 1.54) is 0 Å². The molecule has 0 bridgehead atoms. The van der Waals surface area contributed by atoms with Gasteiger partial charge < -0.3 is 15.2 Å². The van der Waals surface area contributed by atoms with Gasteiger partial charge in [0.15, 0.2) is 0 Å². The van der Waals surface area contributed by atoms with Gasteiger partial charge in [0.05, 0.1) is 22.8 Å². The first kappa shape index (κ1) is 13.7. The van der Waals surface area contributed by atoms with Crippen molar-refractivity contribution in [2.24, 2.45) is 0 Å². The first-order chi connectivity index (χ1) is 7.65. The molecule has 1 aromatic carbocycles. The predicted octanol–water partition coefficient (Wildman–Crippen LogP) is 2.26. The van der Waals surface area contributed by atoms with Crippen LogP contribution in [0.1, 0.15) is 11.7 Å². The largest absolute Gasteiger partial charge is 0.387 e. The summed E-state index contributed by atoms with van der Waals surface area (Å²) in [6, 6.07) is 5.11. The summed E-state index contributed by atoms with van der Waals surface area (Å²) in [5.41, 5.74) is 0.749. The number of hydrogen-bond acceptors (Lipinski definition) is 3. The Balaban J connectivity index is 2.46. The van der Waals surface area contributed by atoms with Gasteiger partial charge in [-0.1, -0.05) is 29.3 Å². The maximum absolute atomic E-state index is 9.83. The van der Waals surface area contributed by atoms with E-state index >= 15 is 0 Å². The highest BCUT2D eigenvalue weighted by atomic mass is 35.5. The number of benzene rings is 1. The van der Waals surface area contributed by atoms with Crippen LogP contribution in [0, 0.1) is 0 Å². The Kier molecular flexibility index (Phi) is 6.09. The van der Waals surface area contributed by atoms with Gasteiger partial charge in [-0.2, -0.15) is 0 Å². The highest BCUT2D eigenvalue weighted by Crippen LogP contribution is 2.25. The van der Waals surface area contributed by atoms with Crippen molar-refractivity contribution in [1.82, 2.24) is 5.32 Å². The SMILES string of the molecule is COCCNCC(O)c1ccc(Cl)c(Cl)c1. The molecule has 1 aromatic rings. The van der Waals surface area contributed by atoms with Crippen LogP contribution in [0.2, 0.25) is 10.0 Å². The maximum Gasteiger partial charge on any atom is 0.0914 e. The molecular formula is C11H15Cl2NO2. The average Bonchev–Trinajstić information content (AvgIpc) is 2.28. The molecule has 0 fully saturated rings. The van der Waals surface area contributed by atoms with Crippen molar-refractivity contribution in [1.29, 1.82) is 0 Å². The molecule has 5 heteroatoms. The summed E-state index contributed by atoms with van der Waals surface area (Å²) in [5.74, 6) is 0. The van der Waals surface area contributed by atoms with Crippen LogP contribution in [0.25, 0.3) is 0 Å². The summed E-state index contributed by atoms with van der Waals surface area (Å²) in [6.07, 6.45) is -0.591. The number of aliphatic hydroxyl groups is 1. The maximum atomic E-state index is 9.83. The molecule has 0 saturated carbocycles. The van der Waals surface area contributed by atoms with Crippen LogP contribution in [0.3, 0.4) is 0 Å². The van der Waals surface area contributed by atoms with Crippen molar-refractivity contribution in [2.75, 3.05) is 26.8 Å². The second-order valence-electron chi connectivity index (χ2n) is 3.39. The molecule has 0 aliphatic heterocycles. The predicted molar refractivity (Wildman–Crippen MR) is 66.2 cm³/mol. The Hall–Kier alpha value is -0.320. The fourth-order valence-corrected chi connectivity index (χ4v) is 1.56. The molecule has 0 aromatic heterocycles. The minimum Gasteiger partial charge on any atom is -0.387 e. The monoisotopic (exact) mass is 263 g/mol. The first-order valence-electron chi connectivity index (χ1n) is 4.98. The molecule has 90 valence electrons. The van der Waals surface area contributed by atoms with Crippen LogP contribution in [0.4, 0.5) is 0 Å². The van der Waals surface area contributed by atoms with Crippen molar-refractivity contribution in [3.05, 3.63) is 33.8 Å². The van der Waals surface area contributed by atoms with E-state index in [9.17, 15) is 5.11 Å². The Morgan fingerprint density at radius 1 is 1.38 bits per heavy atom. The van der Waals surface area contributed by atoms with Crippen molar-refractivity contribution in [3.63, 3.8) is 0 Å². The molecule has 2 N–H and O–H groups in total. The highest BCUT2D eigenvalue weighted by molar-refractivity contribution is 6.42. The molecule has 0 spiro atoms. The Labute approximate surface area is 105 Å². The Morgan fingerprint density at radius 2 is 2.12 bits per heavy atom. The van der Waals surface area contributed by atoms with E-state index in [0.29, 0.717) is 29.7 Å². The van der Waals surface area contributed by atoms with E-state index in [1.807, 2.05) is 0 Å².